The van der Waals surface area contributed by atoms with Crippen molar-refractivity contribution in [3.05, 3.63) is 38.2 Å². The lowest BCUT2D eigenvalue weighted by Gasteiger charge is -2.06. The lowest BCUT2D eigenvalue weighted by atomic mass is 10.3. The maximum absolute atomic E-state index is 12.9. The number of anilines is 2. The van der Waals surface area contributed by atoms with Gasteiger partial charge in [-0.2, -0.15) is 15.0 Å². The Hall–Kier alpha value is -0.730. The molecule has 1 heterocycles. The van der Waals surface area contributed by atoms with Gasteiger partial charge in [-0.05, 0) is 64.0 Å². The Morgan fingerprint density at radius 3 is 2.35 bits per heavy atom. The van der Waals surface area contributed by atoms with Gasteiger partial charge in [0, 0.05) is 3.57 Å². The van der Waals surface area contributed by atoms with E-state index in [9.17, 15) is 4.39 Å². The molecule has 2 aromatic rings. The highest BCUT2D eigenvalue weighted by Crippen LogP contribution is 2.22. The van der Waals surface area contributed by atoms with Crippen molar-refractivity contribution < 1.29 is 4.39 Å². The highest BCUT2D eigenvalue weighted by atomic mass is 127. The summed E-state index contributed by atoms with van der Waals surface area (Å²) in [7, 11) is 0. The Balaban J connectivity index is 2.31. The van der Waals surface area contributed by atoms with Crippen LogP contribution in [0.4, 0.5) is 16.0 Å². The predicted molar refractivity (Wildman–Crippen MR) is 72.2 cm³/mol. The van der Waals surface area contributed by atoms with Gasteiger partial charge in [0.15, 0.2) is 0 Å². The zero-order chi connectivity index (χ0) is 12.4. The normalized spacial score (nSPS) is 10.4. The van der Waals surface area contributed by atoms with E-state index in [4.69, 9.17) is 23.2 Å². The average molecular weight is 385 g/mol. The summed E-state index contributed by atoms with van der Waals surface area (Å²) in [6, 6.07) is 4.28. The number of hydrogen-bond acceptors (Lipinski definition) is 4. The van der Waals surface area contributed by atoms with Gasteiger partial charge in [-0.25, -0.2) is 4.39 Å². The zero-order valence-electron chi connectivity index (χ0n) is 8.09. The molecular weight excluding hydrogens is 381 g/mol. The molecule has 0 bridgehead atoms. The minimum Gasteiger partial charge on any atom is -0.323 e. The first-order chi connectivity index (χ1) is 8.04. The molecule has 0 aliphatic heterocycles. The number of nitrogens with one attached hydrogen (secondary N) is 1. The van der Waals surface area contributed by atoms with Crippen LogP contribution in [0.5, 0.6) is 0 Å². The van der Waals surface area contributed by atoms with Gasteiger partial charge in [0.1, 0.15) is 5.82 Å². The third-order valence-electron chi connectivity index (χ3n) is 1.76. The van der Waals surface area contributed by atoms with Crippen molar-refractivity contribution in [2.45, 2.75) is 0 Å². The third kappa shape index (κ3) is 3.36. The summed E-state index contributed by atoms with van der Waals surface area (Å²) in [6.07, 6.45) is 0. The molecule has 0 aliphatic carbocycles. The molecule has 0 unspecified atom stereocenters. The van der Waals surface area contributed by atoms with E-state index in [-0.39, 0.29) is 22.3 Å². The number of rotatable bonds is 2. The van der Waals surface area contributed by atoms with E-state index >= 15 is 0 Å². The lowest BCUT2D eigenvalue weighted by molar-refractivity contribution is 0.627. The van der Waals surface area contributed by atoms with Crippen LogP contribution in [0.25, 0.3) is 0 Å². The number of hydrogen-bond donors (Lipinski definition) is 1. The van der Waals surface area contributed by atoms with Crippen LogP contribution in [0.3, 0.4) is 0 Å². The van der Waals surface area contributed by atoms with Crippen LogP contribution in [-0.4, -0.2) is 15.0 Å². The Morgan fingerprint density at radius 1 is 1.12 bits per heavy atom. The van der Waals surface area contributed by atoms with Crippen LogP contribution >= 0.6 is 45.8 Å². The molecule has 2 rings (SSSR count). The largest absolute Gasteiger partial charge is 0.323 e. The highest BCUT2D eigenvalue weighted by Gasteiger charge is 2.06. The Labute approximate surface area is 120 Å². The number of halogens is 4. The van der Waals surface area contributed by atoms with Crippen molar-refractivity contribution in [1.29, 1.82) is 0 Å². The van der Waals surface area contributed by atoms with Crippen LogP contribution in [0, 0.1) is 9.39 Å². The van der Waals surface area contributed by atoms with Crippen LogP contribution < -0.4 is 5.32 Å². The van der Waals surface area contributed by atoms with Crippen molar-refractivity contribution in [3.63, 3.8) is 0 Å². The minimum atomic E-state index is -0.313. The number of nitrogens with zero attached hydrogens (tertiary/aromatic N) is 3. The molecule has 4 nitrogen and oxygen atoms in total. The number of benzene rings is 1. The molecular formula is C9H4Cl2FIN4. The van der Waals surface area contributed by atoms with Gasteiger partial charge >= 0.3 is 0 Å². The van der Waals surface area contributed by atoms with Crippen molar-refractivity contribution in [3.8, 4) is 0 Å². The van der Waals surface area contributed by atoms with E-state index in [2.05, 4.69) is 20.3 Å². The number of aromatic nitrogens is 3. The van der Waals surface area contributed by atoms with Crippen molar-refractivity contribution in [2.75, 3.05) is 5.32 Å². The molecule has 0 saturated heterocycles. The van der Waals surface area contributed by atoms with Gasteiger partial charge in [0.05, 0.1) is 5.69 Å². The molecule has 0 spiro atoms. The average Bonchev–Trinajstić information content (AvgIpc) is 2.21. The Morgan fingerprint density at radius 2 is 1.76 bits per heavy atom. The van der Waals surface area contributed by atoms with Crippen LogP contribution in [0.1, 0.15) is 0 Å². The summed E-state index contributed by atoms with van der Waals surface area (Å²) in [5.41, 5.74) is 0.658. The second kappa shape index (κ2) is 5.28. The van der Waals surface area contributed by atoms with Crippen molar-refractivity contribution in [2.24, 2.45) is 0 Å². The van der Waals surface area contributed by atoms with E-state index in [0.29, 0.717) is 9.26 Å². The third-order valence-corrected chi connectivity index (χ3v) is 2.99. The highest BCUT2D eigenvalue weighted by molar-refractivity contribution is 14.1. The van der Waals surface area contributed by atoms with Gasteiger partial charge in [-0.15, -0.1) is 0 Å². The Bertz CT molecular complexity index is 546. The van der Waals surface area contributed by atoms with Gasteiger partial charge in [-0.3, -0.25) is 0 Å². The lowest BCUT2D eigenvalue weighted by Crippen LogP contribution is -2.00. The fourth-order valence-corrected chi connectivity index (χ4v) is 2.07. The molecule has 0 radical (unpaired) electrons. The van der Waals surface area contributed by atoms with E-state index in [1.54, 1.807) is 6.07 Å². The predicted octanol–water partition coefficient (Wildman–Crippen LogP) is 3.67. The Kier molecular flexibility index (Phi) is 3.95. The van der Waals surface area contributed by atoms with Gasteiger partial charge in [0.2, 0.25) is 16.5 Å². The quantitative estimate of drug-likeness (QED) is 0.802. The molecule has 0 atom stereocenters. The molecule has 8 heteroatoms. The van der Waals surface area contributed by atoms with Gasteiger partial charge in [-0.1, -0.05) is 0 Å². The maximum Gasteiger partial charge on any atom is 0.232 e. The first-order valence-electron chi connectivity index (χ1n) is 4.34. The summed E-state index contributed by atoms with van der Waals surface area (Å²) in [5, 5.41) is 2.86. The van der Waals surface area contributed by atoms with Crippen LogP contribution in [0.2, 0.25) is 10.6 Å². The zero-order valence-corrected chi connectivity index (χ0v) is 11.8. The molecule has 0 aliphatic rings. The summed E-state index contributed by atoms with van der Waals surface area (Å²) in [6.45, 7) is 0. The maximum atomic E-state index is 12.9. The molecule has 0 amide bonds. The first kappa shape index (κ1) is 12.7. The van der Waals surface area contributed by atoms with E-state index in [1.165, 1.54) is 12.1 Å². The molecule has 0 saturated carbocycles. The first-order valence-corrected chi connectivity index (χ1v) is 6.17. The summed E-state index contributed by atoms with van der Waals surface area (Å²) >= 11 is 13.3. The fraction of sp³-hybridized carbons (Fsp3) is 0. The van der Waals surface area contributed by atoms with E-state index in [1.807, 2.05) is 22.6 Å². The summed E-state index contributed by atoms with van der Waals surface area (Å²) < 4.78 is 13.6. The second-order valence-corrected chi connectivity index (χ2v) is 4.78. The molecule has 17 heavy (non-hydrogen) atoms. The summed E-state index contributed by atoms with van der Waals surface area (Å²) in [5.74, 6) is -0.105. The van der Waals surface area contributed by atoms with Crippen LogP contribution in [0.15, 0.2) is 18.2 Å². The molecule has 88 valence electrons. The molecule has 1 N–H and O–H groups in total. The van der Waals surface area contributed by atoms with Gasteiger partial charge in [0.25, 0.3) is 0 Å². The SMILES string of the molecule is Fc1ccc(Nc2nc(Cl)nc(Cl)n2)c(I)c1. The van der Waals surface area contributed by atoms with Crippen LogP contribution in [-0.2, 0) is 0 Å². The molecule has 1 aromatic heterocycles. The minimum absolute atomic E-state index is 0.00961. The van der Waals surface area contributed by atoms with Crippen molar-refractivity contribution >= 4 is 57.4 Å². The second-order valence-electron chi connectivity index (χ2n) is 2.95. The smallest absolute Gasteiger partial charge is 0.232 e. The van der Waals surface area contributed by atoms with Crippen molar-refractivity contribution in [1.82, 2.24) is 15.0 Å². The van der Waals surface area contributed by atoms with Gasteiger partial charge < -0.3 is 5.32 Å². The summed E-state index contributed by atoms with van der Waals surface area (Å²) in [4.78, 5) is 11.3. The van der Waals surface area contributed by atoms with E-state index < -0.39 is 0 Å². The molecule has 1 aromatic carbocycles. The topological polar surface area (TPSA) is 50.7 Å². The molecule has 0 fully saturated rings. The monoisotopic (exact) mass is 384 g/mol. The fourth-order valence-electron chi connectivity index (χ4n) is 1.09. The standard InChI is InChI=1S/C9H4Cl2FIN4/c10-7-15-8(11)17-9(16-7)14-6-2-1-4(12)3-5(6)13/h1-3H,(H,14,15,16,17). The van der Waals surface area contributed by atoms with E-state index in [0.717, 1.165) is 0 Å².